The highest BCUT2D eigenvalue weighted by Crippen LogP contribution is 2.35. The number of phenolic OH excluding ortho intramolecular Hbond substituents is 2. The molecule has 6 nitrogen and oxygen atoms in total. The standard InChI is InChI=1S/C29H32FN3O3/c1-32-27-18-23(35)7-6-21(27)16-28(32)24-9-8-22(34)17-26(24)31-19-20-5-10-29(25(30)15-20)36-14-13-33-11-3-2-4-12-33/h5-10,15-18,31,34-35H,2-4,11-14,19H2,1H3. The highest BCUT2D eigenvalue weighted by molar-refractivity contribution is 5.90. The van der Waals surface area contributed by atoms with E-state index in [1.807, 2.05) is 35.9 Å². The van der Waals surface area contributed by atoms with Crippen LogP contribution in [0.2, 0.25) is 0 Å². The van der Waals surface area contributed by atoms with Gasteiger partial charge in [-0.05, 0) is 74.0 Å². The monoisotopic (exact) mass is 489 g/mol. The lowest BCUT2D eigenvalue weighted by molar-refractivity contribution is 0.180. The van der Waals surface area contributed by atoms with Crippen LogP contribution >= 0.6 is 0 Å². The minimum Gasteiger partial charge on any atom is -0.508 e. The first-order valence-corrected chi connectivity index (χ1v) is 12.5. The molecule has 0 unspecified atom stereocenters. The molecule has 3 aromatic carbocycles. The Labute approximate surface area is 210 Å². The van der Waals surface area contributed by atoms with Crippen LogP contribution < -0.4 is 10.1 Å². The van der Waals surface area contributed by atoms with Crippen molar-refractivity contribution in [2.75, 3.05) is 31.6 Å². The van der Waals surface area contributed by atoms with Crippen molar-refractivity contribution >= 4 is 16.6 Å². The summed E-state index contributed by atoms with van der Waals surface area (Å²) < 4.78 is 22.4. The van der Waals surface area contributed by atoms with Gasteiger partial charge in [-0.1, -0.05) is 12.5 Å². The zero-order valence-corrected chi connectivity index (χ0v) is 20.5. The molecule has 0 atom stereocenters. The predicted molar refractivity (Wildman–Crippen MR) is 141 cm³/mol. The van der Waals surface area contributed by atoms with Crippen molar-refractivity contribution in [3.05, 3.63) is 72.0 Å². The Morgan fingerprint density at radius 2 is 1.69 bits per heavy atom. The Morgan fingerprint density at radius 1 is 0.917 bits per heavy atom. The first-order valence-electron chi connectivity index (χ1n) is 12.5. The second-order valence-electron chi connectivity index (χ2n) is 9.43. The molecule has 188 valence electrons. The Hall–Kier alpha value is -3.71. The number of nitrogens with zero attached hydrogens (tertiary/aromatic N) is 2. The van der Waals surface area contributed by atoms with Crippen molar-refractivity contribution in [2.45, 2.75) is 25.8 Å². The number of benzene rings is 3. The predicted octanol–water partition coefficient (Wildman–Crippen LogP) is 5.87. The van der Waals surface area contributed by atoms with Crippen LogP contribution in [0.3, 0.4) is 0 Å². The number of ether oxygens (including phenoxy) is 1. The van der Waals surface area contributed by atoms with E-state index in [1.165, 1.54) is 25.3 Å². The largest absolute Gasteiger partial charge is 0.508 e. The number of aryl methyl sites for hydroxylation is 1. The molecule has 3 N–H and O–H groups in total. The number of rotatable bonds is 8. The van der Waals surface area contributed by atoms with Crippen molar-refractivity contribution in [3.8, 4) is 28.5 Å². The minimum absolute atomic E-state index is 0.140. The maximum Gasteiger partial charge on any atom is 0.165 e. The van der Waals surface area contributed by atoms with Gasteiger partial charge in [0.2, 0.25) is 0 Å². The lowest BCUT2D eigenvalue weighted by Crippen LogP contribution is -2.33. The van der Waals surface area contributed by atoms with E-state index in [1.54, 1.807) is 30.3 Å². The van der Waals surface area contributed by atoms with E-state index < -0.39 is 0 Å². The highest BCUT2D eigenvalue weighted by atomic mass is 19.1. The average Bonchev–Trinajstić information content (AvgIpc) is 3.20. The van der Waals surface area contributed by atoms with Gasteiger partial charge >= 0.3 is 0 Å². The third-order valence-corrected chi connectivity index (χ3v) is 6.90. The fourth-order valence-corrected chi connectivity index (χ4v) is 4.92. The molecule has 7 heteroatoms. The molecule has 1 saturated heterocycles. The van der Waals surface area contributed by atoms with Crippen LogP contribution in [0.15, 0.2) is 60.7 Å². The molecule has 0 amide bonds. The van der Waals surface area contributed by atoms with Crippen LogP contribution in [0.4, 0.5) is 10.1 Å². The lowest BCUT2D eigenvalue weighted by Gasteiger charge is -2.26. The van der Waals surface area contributed by atoms with Crippen LogP contribution in [0.5, 0.6) is 17.2 Å². The molecule has 0 aliphatic carbocycles. The number of hydrogen-bond donors (Lipinski definition) is 3. The number of phenols is 2. The summed E-state index contributed by atoms with van der Waals surface area (Å²) in [7, 11) is 1.94. The van der Waals surface area contributed by atoms with Crippen LogP contribution in [0, 0.1) is 5.82 Å². The van der Waals surface area contributed by atoms with Gasteiger partial charge in [0, 0.05) is 48.9 Å². The fraction of sp³-hybridized carbons (Fsp3) is 0.310. The van der Waals surface area contributed by atoms with E-state index in [4.69, 9.17) is 4.74 Å². The number of piperidine rings is 1. The summed E-state index contributed by atoms with van der Waals surface area (Å²) in [4.78, 5) is 2.37. The fourth-order valence-electron chi connectivity index (χ4n) is 4.92. The quantitative estimate of drug-likeness (QED) is 0.289. The number of nitrogens with one attached hydrogen (secondary N) is 1. The first kappa shape index (κ1) is 24.0. The van der Waals surface area contributed by atoms with E-state index in [9.17, 15) is 14.6 Å². The number of halogens is 1. The van der Waals surface area contributed by atoms with E-state index >= 15 is 0 Å². The summed E-state index contributed by atoms with van der Waals surface area (Å²) in [5.41, 5.74) is 4.23. The lowest BCUT2D eigenvalue weighted by atomic mass is 10.1. The molecular weight excluding hydrogens is 457 g/mol. The molecule has 36 heavy (non-hydrogen) atoms. The van der Waals surface area contributed by atoms with Gasteiger partial charge in [0.25, 0.3) is 0 Å². The van der Waals surface area contributed by atoms with Gasteiger partial charge in [-0.25, -0.2) is 4.39 Å². The summed E-state index contributed by atoms with van der Waals surface area (Å²) in [6.45, 7) is 3.86. The molecule has 1 aromatic heterocycles. The van der Waals surface area contributed by atoms with Gasteiger partial charge in [-0.2, -0.15) is 0 Å². The summed E-state index contributed by atoms with van der Waals surface area (Å²) >= 11 is 0. The van der Waals surface area contributed by atoms with Crippen molar-refractivity contribution in [1.29, 1.82) is 0 Å². The van der Waals surface area contributed by atoms with Crippen molar-refractivity contribution in [3.63, 3.8) is 0 Å². The van der Waals surface area contributed by atoms with E-state index in [-0.39, 0.29) is 23.1 Å². The summed E-state index contributed by atoms with van der Waals surface area (Å²) in [5, 5.41) is 24.4. The Bertz CT molecular complexity index is 1360. The Balaban J connectivity index is 1.28. The number of likely N-dealkylation sites (tertiary alicyclic amines) is 1. The van der Waals surface area contributed by atoms with Crippen LogP contribution in [-0.4, -0.2) is 45.9 Å². The highest BCUT2D eigenvalue weighted by Gasteiger charge is 2.14. The first-order chi connectivity index (χ1) is 17.5. The smallest absolute Gasteiger partial charge is 0.165 e. The maximum atomic E-state index is 14.7. The van der Waals surface area contributed by atoms with Crippen LogP contribution in [0.25, 0.3) is 22.2 Å². The molecule has 2 heterocycles. The summed E-state index contributed by atoms with van der Waals surface area (Å²) in [6.07, 6.45) is 3.74. The Kier molecular flexibility index (Phi) is 7.00. The zero-order chi connectivity index (χ0) is 25.1. The maximum absolute atomic E-state index is 14.7. The molecule has 4 aromatic rings. The molecule has 0 radical (unpaired) electrons. The molecule has 1 aliphatic heterocycles. The number of aromatic hydroxyl groups is 2. The number of fused-ring (bicyclic) bond motifs is 1. The van der Waals surface area contributed by atoms with E-state index in [0.29, 0.717) is 13.2 Å². The number of hydrogen-bond acceptors (Lipinski definition) is 5. The van der Waals surface area contributed by atoms with Crippen molar-refractivity contribution in [2.24, 2.45) is 7.05 Å². The molecule has 0 saturated carbocycles. The number of anilines is 1. The summed E-state index contributed by atoms with van der Waals surface area (Å²) in [6, 6.07) is 17.5. The van der Waals surface area contributed by atoms with Gasteiger partial charge in [-0.3, -0.25) is 4.90 Å². The molecular formula is C29H32FN3O3. The number of aromatic nitrogens is 1. The second-order valence-corrected chi connectivity index (χ2v) is 9.43. The topological polar surface area (TPSA) is 69.9 Å². The molecule has 1 aliphatic rings. The normalized spacial score (nSPS) is 14.3. The molecule has 0 bridgehead atoms. The van der Waals surface area contributed by atoms with Gasteiger partial charge in [0.05, 0.1) is 11.2 Å². The molecule has 0 spiro atoms. The van der Waals surface area contributed by atoms with E-state index in [2.05, 4.69) is 10.2 Å². The minimum atomic E-state index is -0.377. The van der Waals surface area contributed by atoms with Gasteiger partial charge in [-0.15, -0.1) is 0 Å². The summed E-state index contributed by atoms with van der Waals surface area (Å²) in [5.74, 6) is 0.242. The molecule has 1 fully saturated rings. The SMILES string of the molecule is Cn1c(-c2ccc(O)cc2NCc2ccc(OCCN3CCCCC3)c(F)c2)cc2ccc(O)cc21. The van der Waals surface area contributed by atoms with Gasteiger partial charge < -0.3 is 24.8 Å². The van der Waals surface area contributed by atoms with Gasteiger partial charge in [0.15, 0.2) is 11.6 Å². The van der Waals surface area contributed by atoms with Crippen molar-refractivity contribution < 1.29 is 19.3 Å². The van der Waals surface area contributed by atoms with E-state index in [0.717, 1.165) is 53.0 Å². The Morgan fingerprint density at radius 3 is 2.50 bits per heavy atom. The zero-order valence-electron chi connectivity index (χ0n) is 20.5. The third-order valence-electron chi connectivity index (χ3n) is 6.90. The van der Waals surface area contributed by atoms with Gasteiger partial charge in [0.1, 0.15) is 18.1 Å². The van der Waals surface area contributed by atoms with Crippen LogP contribution in [0.1, 0.15) is 24.8 Å². The van der Waals surface area contributed by atoms with Crippen LogP contribution in [-0.2, 0) is 13.6 Å². The molecule has 5 rings (SSSR count). The third kappa shape index (κ3) is 5.26. The average molecular weight is 490 g/mol. The second kappa shape index (κ2) is 10.5. The van der Waals surface area contributed by atoms with Crippen molar-refractivity contribution in [1.82, 2.24) is 9.47 Å².